The molecule has 1 aromatic heterocycles. The highest BCUT2D eigenvalue weighted by Gasteiger charge is 2.57. The lowest BCUT2D eigenvalue weighted by atomic mass is 9.44. The van der Waals surface area contributed by atoms with E-state index < -0.39 is 6.10 Å². The van der Waals surface area contributed by atoms with Crippen LogP contribution in [-0.4, -0.2) is 20.8 Å². The summed E-state index contributed by atoms with van der Waals surface area (Å²) in [4.78, 5) is 4.30. The van der Waals surface area contributed by atoms with Gasteiger partial charge in [-0.25, -0.2) is 9.37 Å². The topological polar surface area (TPSA) is 38.1 Å². The summed E-state index contributed by atoms with van der Waals surface area (Å²) in [6.45, 7) is 3.99. The molecule has 4 aliphatic carbocycles. The number of hydrogen-bond acceptors (Lipinski definition) is 2. The predicted octanol–water partition coefficient (Wildman–Crippen LogP) is 5.36. The van der Waals surface area contributed by atoms with Crippen LogP contribution in [0.4, 0.5) is 4.39 Å². The average molecular weight is 393 g/mol. The molecule has 0 saturated heterocycles. The monoisotopic (exact) mass is 392 g/mol. The quantitative estimate of drug-likeness (QED) is 0.696. The van der Waals surface area contributed by atoms with Crippen molar-refractivity contribution < 1.29 is 9.50 Å². The number of rotatable bonds is 5. The van der Waals surface area contributed by atoms with Crippen molar-refractivity contribution in [1.29, 1.82) is 0 Å². The Morgan fingerprint density at radius 2 is 2.07 bits per heavy atom. The number of fused-ring (bicyclic) bond motifs is 3. The van der Waals surface area contributed by atoms with Crippen molar-refractivity contribution in [2.45, 2.75) is 57.1 Å². The third-order valence-corrected chi connectivity index (χ3v) is 8.77. The number of hydrogen-bond donors (Lipinski definition) is 1. The van der Waals surface area contributed by atoms with Gasteiger partial charge < -0.3 is 9.67 Å². The summed E-state index contributed by atoms with van der Waals surface area (Å²) in [5.74, 6) is 2.81. The number of aliphatic hydroxyl groups is 1. The fraction of sp³-hybridized carbons (Fsp3) is 0.560. The highest BCUT2D eigenvalue weighted by atomic mass is 19.1. The number of aliphatic hydroxyl groups excluding tert-OH is 1. The van der Waals surface area contributed by atoms with Crippen LogP contribution in [0.2, 0.25) is 0 Å². The zero-order valence-corrected chi connectivity index (χ0v) is 16.8. The number of allylic oxidation sites excluding steroid dienone is 1. The molecular formula is C25H29FN2O. The number of imidazole rings is 1. The molecule has 2 heterocycles. The van der Waals surface area contributed by atoms with Gasteiger partial charge in [-0.05, 0) is 80.1 Å². The number of halogens is 1. The highest BCUT2D eigenvalue weighted by Crippen LogP contribution is 2.65. The Labute approximate surface area is 171 Å². The van der Waals surface area contributed by atoms with Crippen LogP contribution in [0.5, 0.6) is 0 Å². The normalized spacial score (nSPS) is 37.4. The van der Waals surface area contributed by atoms with Gasteiger partial charge in [-0.15, -0.1) is 6.58 Å². The van der Waals surface area contributed by atoms with Gasteiger partial charge in [0, 0.05) is 11.1 Å². The first-order valence-corrected chi connectivity index (χ1v) is 11.2. The first-order valence-electron chi connectivity index (χ1n) is 11.2. The Bertz CT molecular complexity index is 949. The largest absolute Gasteiger partial charge is 0.392 e. The first kappa shape index (κ1) is 17.9. The maximum atomic E-state index is 14.8. The number of benzene rings is 1. The van der Waals surface area contributed by atoms with Gasteiger partial charge in [-0.2, -0.15) is 0 Å². The van der Waals surface area contributed by atoms with Crippen LogP contribution in [0, 0.1) is 34.9 Å². The van der Waals surface area contributed by atoms with E-state index in [0.717, 1.165) is 66.2 Å². The SMILES string of the molecule is C=CCC1C2CC3CC1CC(C(O)CC1c4c(F)cccc4-c4cncn41)(C3)C2. The Morgan fingerprint density at radius 3 is 2.83 bits per heavy atom. The summed E-state index contributed by atoms with van der Waals surface area (Å²) < 4.78 is 16.9. The Balaban J connectivity index is 1.31. The van der Waals surface area contributed by atoms with Crippen LogP contribution in [0.3, 0.4) is 0 Å². The molecule has 4 saturated carbocycles. The van der Waals surface area contributed by atoms with Crippen LogP contribution in [0.15, 0.2) is 43.4 Å². The molecule has 0 amide bonds. The zero-order valence-electron chi connectivity index (χ0n) is 16.8. The molecule has 7 rings (SSSR count). The molecule has 4 bridgehead atoms. The lowest BCUT2D eigenvalue weighted by molar-refractivity contribution is -0.149. The van der Waals surface area contributed by atoms with Crippen molar-refractivity contribution in [1.82, 2.24) is 9.55 Å². The second-order valence-electron chi connectivity index (χ2n) is 10.2. The molecule has 2 aromatic rings. The maximum absolute atomic E-state index is 14.8. The Kier molecular flexibility index (Phi) is 3.87. The van der Waals surface area contributed by atoms with E-state index in [1.165, 1.54) is 12.8 Å². The van der Waals surface area contributed by atoms with Gasteiger partial charge in [0.15, 0.2) is 0 Å². The van der Waals surface area contributed by atoms with Crippen molar-refractivity contribution in [3.63, 3.8) is 0 Å². The van der Waals surface area contributed by atoms with Crippen molar-refractivity contribution in [3.05, 3.63) is 54.8 Å². The molecule has 5 aliphatic rings. The first-order chi connectivity index (χ1) is 14.1. The molecule has 4 unspecified atom stereocenters. The van der Waals surface area contributed by atoms with Gasteiger partial charge >= 0.3 is 0 Å². The van der Waals surface area contributed by atoms with E-state index in [1.54, 1.807) is 18.5 Å². The van der Waals surface area contributed by atoms with E-state index in [2.05, 4.69) is 22.2 Å². The molecule has 1 aliphatic heterocycles. The molecule has 152 valence electrons. The molecule has 4 heteroatoms. The molecule has 0 radical (unpaired) electrons. The fourth-order valence-electron chi connectivity index (χ4n) is 7.87. The Morgan fingerprint density at radius 1 is 1.28 bits per heavy atom. The van der Waals surface area contributed by atoms with E-state index in [1.807, 2.05) is 12.3 Å². The van der Waals surface area contributed by atoms with Crippen LogP contribution < -0.4 is 0 Å². The van der Waals surface area contributed by atoms with Gasteiger partial charge in [0.1, 0.15) is 5.82 Å². The number of nitrogens with zero attached hydrogens (tertiary/aromatic N) is 2. The average Bonchev–Trinajstić information content (AvgIpc) is 3.27. The second-order valence-corrected chi connectivity index (χ2v) is 10.2. The molecule has 1 aromatic carbocycles. The van der Waals surface area contributed by atoms with Crippen molar-refractivity contribution in [2.75, 3.05) is 0 Å². The van der Waals surface area contributed by atoms with E-state index in [-0.39, 0.29) is 17.3 Å². The Hall–Kier alpha value is -1.94. The third kappa shape index (κ3) is 2.48. The summed E-state index contributed by atoms with van der Waals surface area (Å²) in [6, 6.07) is 5.13. The second kappa shape index (κ2) is 6.28. The molecule has 29 heavy (non-hydrogen) atoms. The number of aromatic nitrogens is 2. The molecule has 4 fully saturated rings. The van der Waals surface area contributed by atoms with E-state index in [9.17, 15) is 9.50 Å². The van der Waals surface area contributed by atoms with E-state index >= 15 is 0 Å². The fourth-order valence-corrected chi connectivity index (χ4v) is 7.87. The molecule has 1 N–H and O–H groups in total. The third-order valence-electron chi connectivity index (χ3n) is 8.77. The summed E-state index contributed by atoms with van der Waals surface area (Å²) in [5, 5.41) is 11.6. The van der Waals surface area contributed by atoms with Crippen molar-refractivity contribution in [2.24, 2.45) is 29.1 Å². The lowest BCUT2D eigenvalue weighted by Crippen LogP contribution is -2.55. The van der Waals surface area contributed by atoms with Gasteiger partial charge in [-0.1, -0.05) is 18.2 Å². The zero-order chi connectivity index (χ0) is 19.8. The van der Waals surface area contributed by atoms with Crippen LogP contribution in [-0.2, 0) is 0 Å². The maximum Gasteiger partial charge on any atom is 0.129 e. The minimum absolute atomic E-state index is 0.0168. The summed E-state index contributed by atoms with van der Waals surface area (Å²) in [7, 11) is 0. The molecule has 4 atom stereocenters. The van der Waals surface area contributed by atoms with Crippen LogP contribution >= 0.6 is 0 Å². The van der Waals surface area contributed by atoms with Gasteiger partial charge in [0.2, 0.25) is 0 Å². The standard InChI is InChI=1S/C25H29FN2O/c1-2-4-18-16-7-15-8-17(18)12-25(10-15,11-16)23(29)9-21-24-19(5-3-6-20(24)26)22-13-27-14-28(21)22/h2-3,5-6,13-18,21,23,29H,1,4,7-12H2. The van der Waals surface area contributed by atoms with Gasteiger partial charge in [-0.3, -0.25) is 0 Å². The molecule has 3 nitrogen and oxygen atoms in total. The summed E-state index contributed by atoms with van der Waals surface area (Å²) in [6.07, 6.45) is 13.1. The van der Waals surface area contributed by atoms with Gasteiger partial charge in [0.05, 0.1) is 30.4 Å². The molecular weight excluding hydrogens is 363 g/mol. The van der Waals surface area contributed by atoms with E-state index in [0.29, 0.717) is 6.42 Å². The smallest absolute Gasteiger partial charge is 0.129 e. The lowest BCUT2D eigenvalue weighted by Gasteiger charge is -2.61. The highest BCUT2D eigenvalue weighted by molar-refractivity contribution is 5.69. The van der Waals surface area contributed by atoms with Crippen molar-refractivity contribution >= 4 is 0 Å². The molecule has 0 spiro atoms. The van der Waals surface area contributed by atoms with Crippen LogP contribution in [0.25, 0.3) is 11.3 Å². The van der Waals surface area contributed by atoms with E-state index in [4.69, 9.17) is 0 Å². The predicted molar refractivity (Wildman–Crippen MR) is 111 cm³/mol. The minimum Gasteiger partial charge on any atom is -0.392 e. The van der Waals surface area contributed by atoms with Crippen molar-refractivity contribution in [3.8, 4) is 11.3 Å². The van der Waals surface area contributed by atoms with Gasteiger partial charge in [0.25, 0.3) is 0 Å². The summed E-state index contributed by atoms with van der Waals surface area (Å²) in [5.41, 5.74) is 2.64. The van der Waals surface area contributed by atoms with Crippen LogP contribution in [0.1, 0.15) is 56.6 Å². The minimum atomic E-state index is -0.397. The summed E-state index contributed by atoms with van der Waals surface area (Å²) >= 11 is 0.